The molecule has 3 N–H and O–H groups in total. The molecule has 0 spiro atoms. The predicted octanol–water partition coefficient (Wildman–Crippen LogP) is 1.30. The Kier molecular flexibility index (Phi) is 3.40. The van der Waals surface area contributed by atoms with Crippen LogP contribution in [-0.2, 0) is 4.79 Å². The summed E-state index contributed by atoms with van der Waals surface area (Å²) in [4.78, 5) is 10.9. The van der Waals surface area contributed by atoms with E-state index in [9.17, 15) is 4.79 Å². The van der Waals surface area contributed by atoms with Crippen molar-refractivity contribution in [3.63, 3.8) is 0 Å². The van der Waals surface area contributed by atoms with E-state index in [1.165, 1.54) is 0 Å². The maximum absolute atomic E-state index is 10.5. The van der Waals surface area contributed by atoms with Gasteiger partial charge in [0.2, 0.25) is 5.91 Å². The quantitative estimate of drug-likeness (QED) is 0.713. The average Bonchev–Trinajstić information content (AvgIpc) is 2.04. The number of amides is 1. The second-order valence-corrected chi connectivity index (χ2v) is 3.05. The van der Waals surface area contributed by atoms with Crippen molar-refractivity contribution in [2.24, 2.45) is 5.73 Å². The van der Waals surface area contributed by atoms with Gasteiger partial charge in [-0.2, -0.15) is 0 Å². The van der Waals surface area contributed by atoms with E-state index in [1.807, 2.05) is 30.3 Å². The fourth-order valence-corrected chi connectivity index (χ4v) is 1.15. The molecule has 0 heterocycles. The molecule has 3 nitrogen and oxygen atoms in total. The van der Waals surface area contributed by atoms with Crippen LogP contribution < -0.4 is 11.1 Å². The van der Waals surface area contributed by atoms with E-state index >= 15 is 0 Å². The first-order valence-corrected chi connectivity index (χ1v) is 4.22. The summed E-state index contributed by atoms with van der Waals surface area (Å²) in [5, 5.41) is 2.90. The number of nitrogens with one attached hydrogen (secondary N) is 1. The molecule has 0 aromatic heterocycles. The van der Waals surface area contributed by atoms with Gasteiger partial charge in [-0.05, 0) is 12.1 Å². The van der Waals surface area contributed by atoms with Crippen molar-refractivity contribution in [2.75, 3.05) is 5.32 Å². The first kappa shape index (κ1) is 9.67. The molecule has 0 aliphatic rings. The van der Waals surface area contributed by atoms with Crippen LogP contribution >= 0.6 is 12.2 Å². The third-order valence-electron chi connectivity index (χ3n) is 1.39. The number of nitrogens with two attached hydrogens (primary N) is 1. The number of hydrogen-bond donors (Lipinski definition) is 2. The molecule has 0 aliphatic heterocycles. The molecule has 13 heavy (non-hydrogen) atoms. The summed E-state index contributed by atoms with van der Waals surface area (Å²) in [6, 6.07) is 9.41. The molecule has 0 atom stereocenters. The molecule has 1 aromatic rings. The van der Waals surface area contributed by atoms with Gasteiger partial charge in [0.1, 0.15) is 0 Å². The zero-order valence-electron chi connectivity index (χ0n) is 6.99. The lowest BCUT2D eigenvalue weighted by Gasteiger charge is -2.04. The number of benzene rings is 1. The van der Waals surface area contributed by atoms with Crippen LogP contribution in [0, 0.1) is 0 Å². The van der Waals surface area contributed by atoms with Gasteiger partial charge in [-0.1, -0.05) is 30.4 Å². The fraction of sp³-hybridized carbons (Fsp3) is 0.111. The van der Waals surface area contributed by atoms with E-state index in [-0.39, 0.29) is 6.42 Å². The Morgan fingerprint density at radius 2 is 2.00 bits per heavy atom. The second-order valence-electron chi connectivity index (χ2n) is 2.56. The van der Waals surface area contributed by atoms with Crippen molar-refractivity contribution in [1.82, 2.24) is 0 Å². The Morgan fingerprint density at radius 1 is 1.38 bits per heavy atom. The van der Waals surface area contributed by atoms with Crippen LogP contribution in [0.5, 0.6) is 0 Å². The molecule has 1 amide bonds. The van der Waals surface area contributed by atoms with Crippen molar-refractivity contribution in [2.45, 2.75) is 6.42 Å². The highest BCUT2D eigenvalue weighted by Crippen LogP contribution is 2.05. The van der Waals surface area contributed by atoms with Crippen molar-refractivity contribution in [3.05, 3.63) is 30.3 Å². The summed E-state index contributed by atoms with van der Waals surface area (Å²) >= 11 is 4.90. The van der Waals surface area contributed by atoms with Crippen LogP contribution in [0.15, 0.2) is 30.3 Å². The standard InChI is InChI=1S/C9H10N2OS/c10-8(12)6-9(13)11-7-4-2-1-3-5-7/h1-5H,6H2,(H2,10,12)(H,11,13). The molecule has 1 rings (SSSR count). The van der Waals surface area contributed by atoms with Gasteiger partial charge in [-0.15, -0.1) is 0 Å². The van der Waals surface area contributed by atoms with Gasteiger partial charge in [-0.25, -0.2) is 0 Å². The minimum Gasteiger partial charge on any atom is -0.369 e. The fourth-order valence-electron chi connectivity index (χ4n) is 0.885. The average molecular weight is 194 g/mol. The lowest BCUT2D eigenvalue weighted by molar-refractivity contribution is -0.116. The predicted molar refractivity (Wildman–Crippen MR) is 56.5 cm³/mol. The van der Waals surface area contributed by atoms with Crippen LogP contribution in [0.2, 0.25) is 0 Å². The number of anilines is 1. The van der Waals surface area contributed by atoms with Gasteiger partial charge in [-0.3, -0.25) is 4.79 Å². The zero-order valence-corrected chi connectivity index (χ0v) is 7.80. The molecule has 4 heteroatoms. The summed E-state index contributed by atoms with van der Waals surface area (Å²) in [6.07, 6.45) is 0.0875. The number of rotatable bonds is 3. The van der Waals surface area contributed by atoms with E-state index in [0.717, 1.165) is 5.69 Å². The summed E-state index contributed by atoms with van der Waals surface area (Å²) in [7, 11) is 0. The first-order valence-electron chi connectivity index (χ1n) is 3.81. The van der Waals surface area contributed by atoms with Crippen molar-refractivity contribution in [3.8, 4) is 0 Å². The number of hydrogen-bond acceptors (Lipinski definition) is 2. The molecule has 0 fully saturated rings. The van der Waals surface area contributed by atoms with Gasteiger partial charge >= 0.3 is 0 Å². The van der Waals surface area contributed by atoms with Gasteiger partial charge in [0.25, 0.3) is 0 Å². The summed E-state index contributed by atoms with van der Waals surface area (Å²) in [6.45, 7) is 0. The number of thiocarbonyl (C=S) groups is 1. The highest BCUT2D eigenvalue weighted by Gasteiger charge is 2.00. The Labute approximate surface area is 81.9 Å². The van der Waals surface area contributed by atoms with Gasteiger partial charge in [0.05, 0.1) is 11.4 Å². The van der Waals surface area contributed by atoms with Crippen LogP contribution in [0.1, 0.15) is 6.42 Å². The number of carbonyl (C=O) groups excluding carboxylic acids is 1. The number of carbonyl (C=O) groups is 1. The third kappa shape index (κ3) is 3.66. The smallest absolute Gasteiger partial charge is 0.224 e. The van der Waals surface area contributed by atoms with Crippen LogP contribution in [0.25, 0.3) is 0 Å². The SMILES string of the molecule is NC(=O)CC(=S)Nc1ccccc1. The van der Waals surface area contributed by atoms with E-state index in [0.29, 0.717) is 4.99 Å². The van der Waals surface area contributed by atoms with Gasteiger partial charge in [0.15, 0.2) is 0 Å². The first-order chi connectivity index (χ1) is 6.18. The topological polar surface area (TPSA) is 55.1 Å². The van der Waals surface area contributed by atoms with E-state index in [1.54, 1.807) is 0 Å². The van der Waals surface area contributed by atoms with E-state index in [2.05, 4.69) is 5.32 Å². The molecule has 0 radical (unpaired) electrons. The van der Waals surface area contributed by atoms with E-state index in [4.69, 9.17) is 18.0 Å². The second kappa shape index (κ2) is 4.57. The monoisotopic (exact) mass is 194 g/mol. The maximum Gasteiger partial charge on any atom is 0.224 e. The van der Waals surface area contributed by atoms with Gasteiger partial charge in [0, 0.05) is 5.69 Å². The minimum atomic E-state index is -0.423. The summed E-state index contributed by atoms with van der Waals surface area (Å²) < 4.78 is 0. The van der Waals surface area contributed by atoms with Crippen LogP contribution in [0.4, 0.5) is 5.69 Å². The molecular formula is C9H10N2OS. The maximum atomic E-state index is 10.5. The Balaban J connectivity index is 2.50. The van der Waals surface area contributed by atoms with Crippen LogP contribution in [-0.4, -0.2) is 10.9 Å². The Hall–Kier alpha value is -1.42. The molecule has 1 aromatic carbocycles. The highest BCUT2D eigenvalue weighted by atomic mass is 32.1. The number of primary amides is 1. The minimum absolute atomic E-state index is 0.0875. The van der Waals surface area contributed by atoms with E-state index < -0.39 is 5.91 Å². The van der Waals surface area contributed by atoms with Gasteiger partial charge < -0.3 is 11.1 Å². The molecule has 68 valence electrons. The van der Waals surface area contributed by atoms with Crippen molar-refractivity contribution < 1.29 is 4.79 Å². The molecular weight excluding hydrogens is 184 g/mol. The summed E-state index contributed by atoms with van der Waals surface area (Å²) in [5.41, 5.74) is 5.85. The Morgan fingerprint density at radius 3 is 2.54 bits per heavy atom. The Bertz CT molecular complexity index is 311. The third-order valence-corrected chi connectivity index (χ3v) is 1.64. The zero-order chi connectivity index (χ0) is 9.68. The highest BCUT2D eigenvalue weighted by molar-refractivity contribution is 7.80. The molecule has 0 unspecified atom stereocenters. The molecule has 0 bridgehead atoms. The van der Waals surface area contributed by atoms with Crippen molar-refractivity contribution in [1.29, 1.82) is 0 Å². The largest absolute Gasteiger partial charge is 0.369 e. The molecule has 0 saturated heterocycles. The van der Waals surface area contributed by atoms with Crippen LogP contribution in [0.3, 0.4) is 0 Å². The molecule has 0 saturated carbocycles. The lowest BCUT2D eigenvalue weighted by Crippen LogP contribution is -2.19. The number of para-hydroxylation sites is 1. The normalized spacial score (nSPS) is 9.23. The molecule has 0 aliphatic carbocycles. The summed E-state index contributed by atoms with van der Waals surface area (Å²) in [5.74, 6) is -0.423. The lowest BCUT2D eigenvalue weighted by atomic mass is 10.3. The van der Waals surface area contributed by atoms with Crippen molar-refractivity contribution >= 4 is 28.8 Å².